The molecule has 5 heteroatoms. The van der Waals surface area contributed by atoms with Gasteiger partial charge in [0.05, 0.1) is 6.61 Å². The van der Waals surface area contributed by atoms with Crippen molar-refractivity contribution in [2.24, 2.45) is 5.41 Å². The zero-order valence-corrected chi connectivity index (χ0v) is 17.6. The largest absolute Gasteiger partial charge is 0.451 e. The van der Waals surface area contributed by atoms with Crippen LogP contribution in [-0.4, -0.2) is 35.6 Å². The highest BCUT2D eigenvalue weighted by Gasteiger charge is 2.38. The summed E-state index contributed by atoms with van der Waals surface area (Å²) in [6, 6.07) is 13.7. The molecule has 1 N–H and O–H groups in total. The van der Waals surface area contributed by atoms with Gasteiger partial charge in [-0.1, -0.05) is 35.9 Å². The van der Waals surface area contributed by atoms with Gasteiger partial charge < -0.3 is 14.4 Å². The molecule has 4 nitrogen and oxygen atoms in total. The van der Waals surface area contributed by atoms with E-state index < -0.39 is 0 Å². The molecule has 0 spiro atoms. The van der Waals surface area contributed by atoms with Crippen LogP contribution in [0.3, 0.4) is 0 Å². The van der Waals surface area contributed by atoms with Crippen molar-refractivity contribution >= 4 is 28.5 Å². The number of hydrogen-bond acceptors (Lipinski definition) is 3. The number of benzene rings is 2. The smallest absolute Gasteiger partial charge is 0.289 e. The molecular weight excluding hydrogens is 386 g/mol. The summed E-state index contributed by atoms with van der Waals surface area (Å²) in [4.78, 5) is 15.1. The summed E-state index contributed by atoms with van der Waals surface area (Å²) in [6.45, 7) is 5.15. The second kappa shape index (κ2) is 7.85. The van der Waals surface area contributed by atoms with Crippen LogP contribution in [0.25, 0.3) is 11.0 Å². The topological polar surface area (TPSA) is 53.7 Å². The predicted molar refractivity (Wildman–Crippen MR) is 116 cm³/mol. The van der Waals surface area contributed by atoms with Crippen molar-refractivity contribution in [3.8, 4) is 0 Å². The van der Waals surface area contributed by atoms with Crippen molar-refractivity contribution in [1.29, 1.82) is 0 Å². The third-order valence-electron chi connectivity index (χ3n) is 6.04. The van der Waals surface area contributed by atoms with Gasteiger partial charge in [-0.2, -0.15) is 0 Å². The number of likely N-dealkylation sites (tertiary alicyclic amines) is 1. The lowest BCUT2D eigenvalue weighted by Crippen LogP contribution is -2.49. The second-order valence-corrected chi connectivity index (χ2v) is 8.79. The maximum Gasteiger partial charge on any atom is 0.289 e. The number of nitrogens with zero attached hydrogens (tertiary/aromatic N) is 1. The first kappa shape index (κ1) is 20.0. The number of carbonyl (C=O) groups is 1. The average molecular weight is 412 g/mol. The van der Waals surface area contributed by atoms with E-state index in [0.717, 1.165) is 40.5 Å². The summed E-state index contributed by atoms with van der Waals surface area (Å²) in [5.41, 5.74) is 3.44. The molecule has 4 rings (SSSR count). The van der Waals surface area contributed by atoms with Crippen molar-refractivity contribution in [1.82, 2.24) is 4.90 Å². The van der Waals surface area contributed by atoms with Gasteiger partial charge in [0.1, 0.15) is 5.58 Å². The Morgan fingerprint density at radius 3 is 2.83 bits per heavy atom. The standard InChI is InChI=1S/C24H26ClNO3/c1-16-7-8-20-17(2)22(29-21(20)11-16)23(28)26-10-4-9-24(14-26,15-27)13-18-5-3-6-19(25)12-18/h3,5-8,11-12,27H,4,9-10,13-15H2,1-2H3/t24-/m1/s1. The molecule has 0 radical (unpaired) electrons. The number of fused-ring (bicyclic) bond motifs is 1. The van der Waals surface area contributed by atoms with Crippen LogP contribution in [0.4, 0.5) is 0 Å². The first-order valence-electron chi connectivity index (χ1n) is 10.1. The highest BCUT2D eigenvalue weighted by atomic mass is 35.5. The van der Waals surface area contributed by atoms with E-state index >= 15 is 0 Å². The van der Waals surface area contributed by atoms with Crippen LogP contribution in [0.5, 0.6) is 0 Å². The van der Waals surface area contributed by atoms with Gasteiger partial charge >= 0.3 is 0 Å². The lowest BCUT2D eigenvalue weighted by molar-refractivity contribution is 0.0253. The molecule has 2 heterocycles. The van der Waals surface area contributed by atoms with Gasteiger partial charge in [0.2, 0.25) is 0 Å². The number of aliphatic hydroxyl groups excluding tert-OH is 1. The van der Waals surface area contributed by atoms with Gasteiger partial charge in [0.25, 0.3) is 5.91 Å². The average Bonchev–Trinajstić information content (AvgIpc) is 3.03. The lowest BCUT2D eigenvalue weighted by Gasteiger charge is -2.41. The number of amides is 1. The third-order valence-corrected chi connectivity index (χ3v) is 6.28. The van der Waals surface area contributed by atoms with E-state index in [0.29, 0.717) is 30.3 Å². The van der Waals surface area contributed by atoms with Gasteiger partial charge in [0, 0.05) is 34.5 Å². The van der Waals surface area contributed by atoms with Crippen molar-refractivity contribution < 1.29 is 14.3 Å². The van der Waals surface area contributed by atoms with Crippen LogP contribution in [-0.2, 0) is 6.42 Å². The fraction of sp³-hybridized carbons (Fsp3) is 0.375. The van der Waals surface area contributed by atoms with E-state index in [2.05, 4.69) is 0 Å². The Kier molecular flexibility index (Phi) is 5.41. The molecule has 0 unspecified atom stereocenters. The molecule has 1 aromatic heterocycles. The Morgan fingerprint density at radius 2 is 2.07 bits per heavy atom. The van der Waals surface area contributed by atoms with Gasteiger partial charge in [-0.15, -0.1) is 0 Å². The molecule has 1 saturated heterocycles. The summed E-state index contributed by atoms with van der Waals surface area (Å²) < 4.78 is 5.96. The van der Waals surface area contributed by atoms with Crippen molar-refractivity contribution in [2.45, 2.75) is 33.1 Å². The van der Waals surface area contributed by atoms with Crippen LogP contribution < -0.4 is 0 Å². The Balaban J connectivity index is 1.60. The van der Waals surface area contributed by atoms with E-state index in [4.69, 9.17) is 16.0 Å². The molecule has 1 atom stereocenters. The van der Waals surface area contributed by atoms with E-state index in [-0.39, 0.29) is 17.9 Å². The van der Waals surface area contributed by atoms with E-state index in [1.807, 2.05) is 61.2 Å². The molecule has 0 aliphatic carbocycles. The minimum Gasteiger partial charge on any atom is -0.451 e. The predicted octanol–water partition coefficient (Wildman–Crippen LogP) is 5.16. The van der Waals surface area contributed by atoms with Crippen molar-refractivity contribution in [3.05, 3.63) is 69.9 Å². The highest BCUT2D eigenvalue weighted by molar-refractivity contribution is 6.30. The minimum absolute atomic E-state index is 0.0294. The van der Waals surface area contributed by atoms with E-state index in [1.165, 1.54) is 0 Å². The molecule has 1 aliphatic heterocycles. The van der Waals surface area contributed by atoms with E-state index in [9.17, 15) is 9.90 Å². The second-order valence-electron chi connectivity index (χ2n) is 8.35. The molecule has 0 saturated carbocycles. The molecule has 152 valence electrons. The van der Waals surface area contributed by atoms with Crippen molar-refractivity contribution in [2.75, 3.05) is 19.7 Å². The minimum atomic E-state index is -0.366. The maximum absolute atomic E-state index is 13.3. The third kappa shape index (κ3) is 3.92. The molecule has 3 aromatic rings. The first-order valence-corrected chi connectivity index (χ1v) is 10.4. The number of aliphatic hydroxyl groups is 1. The molecule has 29 heavy (non-hydrogen) atoms. The Labute approximate surface area is 176 Å². The van der Waals surface area contributed by atoms with Crippen LogP contribution in [0.2, 0.25) is 5.02 Å². The summed E-state index contributed by atoms with van der Waals surface area (Å²) >= 11 is 6.14. The van der Waals surface area contributed by atoms with Gasteiger partial charge in [-0.25, -0.2) is 0 Å². The summed E-state index contributed by atoms with van der Waals surface area (Å²) in [5, 5.41) is 11.9. The Morgan fingerprint density at radius 1 is 1.24 bits per heavy atom. The molecule has 1 fully saturated rings. The first-order chi connectivity index (χ1) is 13.9. The number of piperidine rings is 1. The lowest BCUT2D eigenvalue weighted by atomic mass is 9.75. The number of furan rings is 1. The SMILES string of the molecule is Cc1ccc2c(C)c(C(=O)N3CCC[C@@](CO)(Cc4cccc(Cl)c4)C3)oc2c1. The number of halogens is 1. The molecule has 0 bridgehead atoms. The van der Waals surface area contributed by atoms with Crippen LogP contribution >= 0.6 is 11.6 Å². The van der Waals surface area contributed by atoms with Crippen molar-refractivity contribution in [3.63, 3.8) is 0 Å². The highest BCUT2D eigenvalue weighted by Crippen LogP contribution is 2.35. The molecule has 1 amide bonds. The Bertz CT molecular complexity index is 1060. The number of hydrogen-bond donors (Lipinski definition) is 1. The fourth-order valence-corrected chi connectivity index (χ4v) is 4.68. The van der Waals surface area contributed by atoms with E-state index in [1.54, 1.807) is 0 Å². The number of aryl methyl sites for hydroxylation is 2. The van der Waals surface area contributed by atoms with Gasteiger partial charge in [-0.05, 0) is 62.4 Å². The van der Waals surface area contributed by atoms with Crippen LogP contribution in [0.1, 0.15) is 40.1 Å². The van der Waals surface area contributed by atoms with Gasteiger partial charge in [-0.3, -0.25) is 4.79 Å². The van der Waals surface area contributed by atoms with Crippen LogP contribution in [0, 0.1) is 19.3 Å². The quantitative estimate of drug-likeness (QED) is 0.645. The molecule has 2 aromatic carbocycles. The molecular formula is C24H26ClNO3. The fourth-order valence-electron chi connectivity index (χ4n) is 4.47. The molecule has 1 aliphatic rings. The summed E-state index contributed by atoms with van der Waals surface area (Å²) in [6.07, 6.45) is 2.41. The van der Waals surface area contributed by atoms with Crippen LogP contribution in [0.15, 0.2) is 46.9 Å². The number of rotatable bonds is 4. The summed E-state index contributed by atoms with van der Waals surface area (Å²) in [5.74, 6) is 0.307. The zero-order chi connectivity index (χ0) is 20.6. The maximum atomic E-state index is 13.3. The van der Waals surface area contributed by atoms with Gasteiger partial charge in [0.15, 0.2) is 5.76 Å². The monoisotopic (exact) mass is 411 g/mol. The normalized spacial score (nSPS) is 19.7. The number of carbonyl (C=O) groups excluding carboxylic acids is 1. The summed E-state index contributed by atoms with van der Waals surface area (Å²) in [7, 11) is 0. The Hall–Kier alpha value is -2.30. The zero-order valence-electron chi connectivity index (χ0n) is 16.9.